The number of nitrogens with zero attached hydrogens (tertiary/aromatic N) is 3. The fourth-order valence-corrected chi connectivity index (χ4v) is 6.30. The summed E-state index contributed by atoms with van der Waals surface area (Å²) in [6.07, 6.45) is 3.03. The first-order chi connectivity index (χ1) is 13.0. The van der Waals surface area contributed by atoms with Gasteiger partial charge < -0.3 is 4.57 Å². The van der Waals surface area contributed by atoms with Gasteiger partial charge in [0, 0.05) is 28.1 Å². The molecule has 9 heteroatoms. The minimum Gasteiger partial charge on any atom is -0.303 e. The van der Waals surface area contributed by atoms with Crippen LogP contribution in [0.25, 0.3) is 0 Å². The number of sulfone groups is 1. The largest absolute Gasteiger partial charge is 0.303 e. The Labute approximate surface area is 171 Å². The van der Waals surface area contributed by atoms with E-state index in [1.807, 2.05) is 6.07 Å². The van der Waals surface area contributed by atoms with Gasteiger partial charge in [-0.15, -0.1) is 21.5 Å². The van der Waals surface area contributed by atoms with Gasteiger partial charge in [-0.1, -0.05) is 29.4 Å². The molecule has 1 saturated carbocycles. The zero-order valence-electron chi connectivity index (χ0n) is 14.4. The summed E-state index contributed by atoms with van der Waals surface area (Å²) in [4.78, 5) is 1.56. The molecule has 0 radical (unpaired) electrons. The Bertz CT molecular complexity index is 1010. The van der Waals surface area contributed by atoms with Crippen molar-refractivity contribution in [3.05, 3.63) is 57.5 Å². The maximum Gasteiger partial charge on any atom is 0.191 e. The first-order valence-electron chi connectivity index (χ1n) is 8.60. The SMILES string of the molecule is O=S(=O)(CCSc1nnc(Cc2cccs2)n1C1CC1)c1ccc(Cl)cc1. The van der Waals surface area contributed by atoms with E-state index < -0.39 is 9.84 Å². The van der Waals surface area contributed by atoms with Crippen molar-refractivity contribution >= 4 is 44.5 Å². The van der Waals surface area contributed by atoms with E-state index in [4.69, 9.17) is 11.6 Å². The fraction of sp³-hybridized carbons (Fsp3) is 0.333. The molecular weight excluding hydrogens is 422 g/mol. The monoisotopic (exact) mass is 439 g/mol. The summed E-state index contributed by atoms with van der Waals surface area (Å²) in [6.45, 7) is 0. The van der Waals surface area contributed by atoms with E-state index in [0.717, 1.165) is 30.2 Å². The number of rotatable bonds is 8. The number of halogens is 1. The minimum atomic E-state index is -3.33. The number of benzene rings is 1. The smallest absolute Gasteiger partial charge is 0.191 e. The van der Waals surface area contributed by atoms with E-state index in [1.165, 1.54) is 16.6 Å². The summed E-state index contributed by atoms with van der Waals surface area (Å²) < 4.78 is 27.2. The van der Waals surface area contributed by atoms with E-state index in [-0.39, 0.29) is 5.75 Å². The van der Waals surface area contributed by atoms with Crippen LogP contribution in [0.1, 0.15) is 29.6 Å². The van der Waals surface area contributed by atoms with Crippen molar-refractivity contribution in [2.45, 2.75) is 35.4 Å². The Morgan fingerprint density at radius 3 is 2.63 bits per heavy atom. The summed E-state index contributed by atoms with van der Waals surface area (Å²) in [5.41, 5.74) is 0. The molecule has 27 heavy (non-hydrogen) atoms. The van der Waals surface area contributed by atoms with Crippen LogP contribution in [0.2, 0.25) is 5.02 Å². The summed E-state index contributed by atoms with van der Waals surface area (Å²) in [5.74, 6) is 1.45. The van der Waals surface area contributed by atoms with Crippen molar-refractivity contribution in [3.63, 3.8) is 0 Å². The average Bonchev–Trinajstić information content (AvgIpc) is 3.19. The Morgan fingerprint density at radius 1 is 1.19 bits per heavy atom. The lowest BCUT2D eigenvalue weighted by atomic mass is 10.3. The maximum absolute atomic E-state index is 12.5. The molecule has 0 bridgehead atoms. The zero-order chi connectivity index (χ0) is 18.9. The number of hydrogen-bond acceptors (Lipinski definition) is 6. The van der Waals surface area contributed by atoms with Crippen LogP contribution in [0.3, 0.4) is 0 Å². The third-order valence-electron chi connectivity index (χ3n) is 4.32. The Balaban J connectivity index is 1.44. The maximum atomic E-state index is 12.5. The first kappa shape index (κ1) is 19.0. The molecule has 1 aliphatic carbocycles. The van der Waals surface area contributed by atoms with Gasteiger partial charge in [-0.2, -0.15) is 0 Å². The van der Waals surface area contributed by atoms with Crippen molar-refractivity contribution in [1.82, 2.24) is 14.8 Å². The highest BCUT2D eigenvalue weighted by atomic mass is 35.5. The predicted octanol–water partition coefficient (Wildman–Crippen LogP) is 4.48. The van der Waals surface area contributed by atoms with Gasteiger partial charge in [0.25, 0.3) is 0 Å². The molecule has 3 aromatic rings. The van der Waals surface area contributed by atoms with Crippen molar-refractivity contribution in [3.8, 4) is 0 Å². The van der Waals surface area contributed by atoms with E-state index in [1.54, 1.807) is 35.6 Å². The number of hydrogen-bond donors (Lipinski definition) is 0. The van der Waals surface area contributed by atoms with E-state index >= 15 is 0 Å². The summed E-state index contributed by atoms with van der Waals surface area (Å²) in [7, 11) is -3.33. The highest BCUT2D eigenvalue weighted by Gasteiger charge is 2.30. The Morgan fingerprint density at radius 2 is 1.96 bits per heavy atom. The topological polar surface area (TPSA) is 64.8 Å². The van der Waals surface area contributed by atoms with Crippen LogP contribution in [0, 0.1) is 0 Å². The molecule has 0 aliphatic heterocycles. The molecule has 2 aromatic heterocycles. The molecule has 0 N–H and O–H groups in total. The zero-order valence-corrected chi connectivity index (χ0v) is 17.6. The second-order valence-corrected chi connectivity index (χ2v) is 11.0. The lowest BCUT2D eigenvalue weighted by Gasteiger charge is -2.08. The molecule has 0 unspecified atom stereocenters. The fourth-order valence-electron chi connectivity index (χ4n) is 2.80. The number of thiophene rings is 1. The molecule has 5 nitrogen and oxygen atoms in total. The van der Waals surface area contributed by atoms with Gasteiger partial charge in [-0.3, -0.25) is 0 Å². The first-order valence-corrected chi connectivity index (χ1v) is 12.5. The van der Waals surface area contributed by atoms with Crippen LogP contribution in [-0.4, -0.2) is 34.7 Å². The van der Waals surface area contributed by atoms with Gasteiger partial charge in [0.05, 0.1) is 10.6 Å². The standard InChI is InChI=1S/C18H18ClN3O2S3/c19-13-3-7-16(8-4-13)27(23,24)11-10-26-18-21-20-17(22(18)14-5-6-14)12-15-2-1-9-25-15/h1-4,7-9,14H,5-6,10-12H2. The highest BCUT2D eigenvalue weighted by molar-refractivity contribution is 8.00. The van der Waals surface area contributed by atoms with Gasteiger partial charge in [0.2, 0.25) is 0 Å². The molecule has 2 heterocycles. The van der Waals surface area contributed by atoms with Crippen LogP contribution >= 0.6 is 34.7 Å². The molecule has 142 valence electrons. The average molecular weight is 440 g/mol. The van der Waals surface area contributed by atoms with Crippen LogP contribution in [0.15, 0.2) is 51.8 Å². The molecule has 1 fully saturated rings. The quantitative estimate of drug-likeness (QED) is 0.484. The summed E-state index contributed by atoms with van der Waals surface area (Å²) in [6, 6.07) is 10.9. The second-order valence-electron chi connectivity index (χ2n) is 6.38. The molecule has 1 aliphatic rings. The number of aromatic nitrogens is 3. The van der Waals surface area contributed by atoms with Crippen LogP contribution in [-0.2, 0) is 16.3 Å². The van der Waals surface area contributed by atoms with E-state index in [9.17, 15) is 8.42 Å². The molecule has 1 aromatic carbocycles. The molecule has 0 spiro atoms. The van der Waals surface area contributed by atoms with Gasteiger partial charge >= 0.3 is 0 Å². The van der Waals surface area contributed by atoms with E-state index in [0.29, 0.717) is 21.7 Å². The minimum absolute atomic E-state index is 0.0527. The van der Waals surface area contributed by atoms with Crippen LogP contribution < -0.4 is 0 Å². The molecule has 0 saturated heterocycles. The molecule has 4 rings (SSSR count). The van der Waals surface area contributed by atoms with Crippen molar-refractivity contribution in [2.75, 3.05) is 11.5 Å². The Kier molecular flexibility index (Phi) is 5.59. The van der Waals surface area contributed by atoms with Gasteiger partial charge in [-0.05, 0) is 48.6 Å². The summed E-state index contributed by atoms with van der Waals surface area (Å²) >= 11 is 9.01. The lowest BCUT2D eigenvalue weighted by Crippen LogP contribution is -2.10. The second kappa shape index (κ2) is 7.95. The third-order valence-corrected chi connectivity index (χ3v) is 8.38. The van der Waals surface area contributed by atoms with Crippen LogP contribution in [0.5, 0.6) is 0 Å². The van der Waals surface area contributed by atoms with Gasteiger partial charge in [0.1, 0.15) is 5.82 Å². The van der Waals surface area contributed by atoms with Crippen molar-refractivity contribution < 1.29 is 8.42 Å². The van der Waals surface area contributed by atoms with E-state index in [2.05, 4.69) is 26.2 Å². The van der Waals surface area contributed by atoms with Crippen molar-refractivity contribution in [2.24, 2.45) is 0 Å². The van der Waals surface area contributed by atoms with Crippen molar-refractivity contribution in [1.29, 1.82) is 0 Å². The normalized spacial score (nSPS) is 14.6. The molecule has 0 amide bonds. The van der Waals surface area contributed by atoms with Crippen LogP contribution in [0.4, 0.5) is 0 Å². The van der Waals surface area contributed by atoms with Gasteiger partial charge in [-0.25, -0.2) is 8.42 Å². The highest BCUT2D eigenvalue weighted by Crippen LogP contribution is 2.39. The molecular formula is C18H18ClN3O2S3. The Hall–Kier alpha value is -1.35. The number of thioether (sulfide) groups is 1. The third kappa shape index (κ3) is 4.56. The lowest BCUT2D eigenvalue weighted by molar-refractivity contribution is 0.597. The van der Waals surface area contributed by atoms with Gasteiger partial charge in [0.15, 0.2) is 15.0 Å². The predicted molar refractivity (Wildman–Crippen MR) is 110 cm³/mol. The summed E-state index contributed by atoms with van der Waals surface area (Å²) in [5, 5.41) is 12.1. The molecule has 0 atom stereocenters.